The number of carboxylic acids is 1. The third-order valence-corrected chi connectivity index (χ3v) is 3.61. The number of aryl methyl sites for hydroxylation is 2. The molecule has 0 saturated heterocycles. The molecule has 18 heavy (non-hydrogen) atoms. The minimum absolute atomic E-state index is 0.193. The Balaban J connectivity index is 2.30. The summed E-state index contributed by atoms with van der Waals surface area (Å²) in [6, 6.07) is 6.68. The quantitative estimate of drug-likeness (QED) is 0.829. The normalized spacial score (nSPS) is 10.6. The van der Waals surface area contributed by atoms with Gasteiger partial charge in [-0.15, -0.1) is 0 Å². The summed E-state index contributed by atoms with van der Waals surface area (Å²) in [6.45, 7) is 1.92. The molecule has 0 aliphatic carbocycles. The molecule has 94 valence electrons. The summed E-state index contributed by atoms with van der Waals surface area (Å²) in [5.41, 5.74) is 7.43. The molecule has 0 radical (unpaired) electrons. The highest BCUT2D eigenvalue weighted by molar-refractivity contribution is 7.99. The van der Waals surface area contributed by atoms with Gasteiger partial charge in [0.25, 0.3) is 0 Å². The van der Waals surface area contributed by atoms with Crippen LogP contribution in [0, 0.1) is 6.92 Å². The van der Waals surface area contributed by atoms with Crippen molar-refractivity contribution in [2.45, 2.75) is 16.8 Å². The molecule has 1 aromatic heterocycles. The maximum atomic E-state index is 10.8. The molecule has 0 atom stereocenters. The molecule has 3 N–H and O–H groups in total. The van der Waals surface area contributed by atoms with Gasteiger partial charge in [-0.05, 0) is 31.2 Å². The third-order valence-electron chi connectivity index (χ3n) is 2.43. The van der Waals surface area contributed by atoms with E-state index in [9.17, 15) is 4.79 Å². The Morgan fingerprint density at radius 1 is 1.44 bits per heavy atom. The first-order valence-electron chi connectivity index (χ1n) is 5.28. The van der Waals surface area contributed by atoms with Crippen LogP contribution in [-0.2, 0) is 7.05 Å². The molecule has 1 aromatic carbocycles. The van der Waals surface area contributed by atoms with Gasteiger partial charge in [-0.2, -0.15) is 5.10 Å². The highest BCUT2D eigenvalue weighted by Gasteiger charge is 2.10. The molecule has 0 amide bonds. The van der Waals surface area contributed by atoms with Crippen LogP contribution in [0.5, 0.6) is 0 Å². The molecule has 0 bridgehead atoms. The van der Waals surface area contributed by atoms with Crippen molar-refractivity contribution in [1.29, 1.82) is 0 Å². The van der Waals surface area contributed by atoms with Gasteiger partial charge in [0.2, 0.25) is 0 Å². The van der Waals surface area contributed by atoms with Crippen molar-refractivity contribution in [2.75, 3.05) is 5.73 Å². The summed E-state index contributed by atoms with van der Waals surface area (Å²) in [4.78, 5) is 11.6. The fraction of sp³-hybridized carbons (Fsp3) is 0.167. The first kappa shape index (κ1) is 12.5. The van der Waals surface area contributed by atoms with E-state index in [1.54, 1.807) is 16.8 Å². The van der Waals surface area contributed by atoms with Crippen LogP contribution < -0.4 is 5.73 Å². The molecule has 2 aromatic rings. The molecule has 0 spiro atoms. The predicted molar refractivity (Wildman–Crippen MR) is 69.9 cm³/mol. The van der Waals surface area contributed by atoms with Gasteiger partial charge >= 0.3 is 5.97 Å². The van der Waals surface area contributed by atoms with Crippen LogP contribution in [-0.4, -0.2) is 20.9 Å². The van der Waals surface area contributed by atoms with Gasteiger partial charge in [0.05, 0.1) is 16.3 Å². The largest absolute Gasteiger partial charge is 0.478 e. The highest BCUT2D eigenvalue weighted by atomic mass is 32.2. The zero-order chi connectivity index (χ0) is 13.3. The van der Waals surface area contributed by atoms with Crippen LogP contribution in [0.3, 0.4) is 0 Å². The lowest BCUT2D eigenvalue weighted by molar-refractivity contribution is 0.0697. The van der Waals surface area contributed by atoms with E-state index in [0.717, 1.165) is 15.6 Å². The van der Waals surface area contributed by atoms with Crippen molar-refractivity contribution in [3.05, 3.63) is 35.5 Å². The van der Waals surface area contributed by atoms with Crippen molar-refractivity contribution < 1.29 is 9.90 Å². The first-order chi connectivity index (χ1) is 8.47. The van der Waals surface area contributed by atoms with Gasteiger partial charge in [0.1, 0.15) is 0 Å². The Bertz CT molecular complexity index is 607. The third kappa shape index (κ3) is 2.48. The summed E-state index contributed by atoms with van der Waals surface area (Å²) in [5.74, 6) is -0.977. The smallest absolute Gasteiger partial charge is 0.335 e. The van der Waals surface area contributed by atoms with Crippen molar-refractivity contribution >= 4 is 23.4 Å². The molecule has 6 heteroatoms. The molecule has 0 fully saturated rings. The van der Waals surface area contributed by atoms with E-state index in [0.29, 0.717) is 5.69 Å². The summed E-state index contributed by atoms with van der Waals surface area (Å²) >= 11 is 1.46. The standard InChI is InChI=1S/C12H13N3O2S/c1-7-5-11(15(2)14-7)18-10-4-3-8(12(16)17)6-9(10)13/h3-6H,13H2,1-2H3,(H,16,17). The number of hydrogen-bond acceptors (Lipinski definition) is 4. The maximum Gasteiger partial charge on any atom is 0.335 e. The second-order valence-corrected chi connectivity index (χ2v) is 4.97. The molecule has 0 unspecified atom stereocenters. The zero-order valence-corrected chi connectivity index (χ0v) is 10.9. The molecule has 0 saturated carbocycles. The van der Waals surface area contributed by atoms with Crippen LogP contribution in [0.15, 0.2) is 34.2 Å². The summed E-state index contributed by atoms with van der Waals surface area (Å²) < 4.78 is 1.77. The van der Waals surface area contributed by atoms with Gasteiger partial charge in [-0.3, -0.25) is 4.68 Å². The van der Waals surface area contributed by atoms with E-state index in [4.69, 9.17) is 10.8 Å². The lowest BCUT2D eigenvalue weighted by atomic mass is 10.2. The summed E-state index contributed by atoms with van der Waals surface area (Å²) in [6.07, 6.45) is 0. The van der Waals surface area contributed by atoms with E-state index in [1.165, 1.54) is 17.8 Å². The number of nitrogens with zero attached hydrogens (tertiary/aromatic N) is 2. The van der Waals surface area contributed by atoms with E-state index < -0.39 is 5.97 Å². The molecular formula is C12H13N3O2S. The topological polar surface area (TPSA) is 81.1 Å². The highest BCUT2D eigenvalue weighted by Crippen LogP contribution is 2.32. The summed E-state index contributed by atoms with van der Waals surface area (Å²) in [5, 5.41) is 14.1. The Morgan fingerprint density at radius 2 is 2.17 bits per heavy atom. The molecule has 2 rings (SSSR count). The van der Waals surface area contributed by atoms with Crippen LogP contribution >= 0.6 is 11.8 Å². The minimum atomic E-state index is -0.977. The number of aromatic carboxylic acids is 1. The van der Waals surface area contributed by atoms with Gasteiger partial charge in [0, 0.05) is 17.6 Å². The number of nitrogen functional groups attached to an aromatic ring is 1. The minimum Gasteiger partial charge on any atom is -0.478 e. The van der Waals surface area contributed by atoms with Crippen LogP contribution in [0.4, 0.5) is 5.69 Å². The Hall–Kier alpha value is -1.95. The Kier molecular flexibility index (Phi) is 3.29. The van der Waals surface area contributed by atoms with E-state index in [1.807, 2.05) is 20.0 Å². The zero-order valence-electron chi connectivity index (χ0n) is 10.0. The maximum absolute atomic E-state index is 10.8. The molecule has 0 aliphatic heterocycles. The number of benzene rings is 1. The van der Waals surface area contributed by atoms with Gasteiger partial charge < -0.3 is 10.8 Å². The van der Waals surface area contributed by atoms with Crippen molar-refractivity contribution in [3.8, 4) is 0 Å². The number of aromatic nitrogens is 2. The fourth-order valence-electron chi connectivity index (χ4n) is 1.57. The number of anilines is 1. The number of carbonyl (C=O) groups is 1. The number of nitrogens with two attached hydrogens (primary N) is 1. The number of carboxylic acid groups (broad SMARTS) is 1. The number of rotatable bonds is 3. The van der Waals surface area contributed by atoms with Crippen LogP contribution in [0.2, 0.25) is 0 Å². The van der Waals surface area contributed by atoms with Gasteiger partial charge in [-0.1, -0.05) is 11.8 Å². The van der Waals surface area contributed by atoms with Crippen LogP contribution in [0.1, 0.15) is 16.1 Å². The predicted octanol–water partition coefficient (Wildman–Crippen LogP) is 2.16. The second kappa shape index (κ2) is 4.73. The monoisotopic (exact) mass is 263 g/mol. The lowest BCUT2D eigenvalue weighted by Crippen LogP contribution is -1.99. The molecule has 5 nitrogen and oxygen atoms in total. The van der Waals surface area contributed by atoms with Gasteiger partial charge in [-0.25, -0.2) is 4.79 Å². The second-order valence-electron chi connectivity index (χ2n) is 3.91. The first-order valence-corrected chi connectivity index (χ1v) is 6.10. The van der Waals surface area contributed by atoms with Crippen molar-refractivity contribution in [2.24, 2.45) is 7.05 Å². The van der Waals surface area contributed by atoms with E-state index in [-0.39, 0.29) is 5.56 Å². The van der Waals surface area contributed by atoms with Crippen molar-refractivity contribution in [3.63, 3.8) is 0 Å². The SMILES string of the molecule is Cc1cc(Sc2ccc(C(=O)O)cc2N)n(C)n1. The average molecular weight is 263 g/mol. The van der Waals surface area contributed by atoms with Gasteiger partial charge in [0.15, 0.2) is 0 Å². The van der Waals surface area contributed by atoms with E-state index >= 15 is 0 Å². The average Bonchev–Trinajstić information content (AvgIpc) is 2.60. The molecular weight excluding hydrogens is 250 g/mol. The van der Waals surface area contributed by atoms with Crippen molar-refractivity contribution in [1.82, 2.24) is 9.78 Å². The summed E-state index contributed by atoms with van der Waals surface area (Å²) in [7, 11) is 1.86. The lowest BCUT2D eigenvalue weighted by Gasteiger charge is -2.06. The number of hydrogen-bond donors (Lipinski definition) is 2. The molecule has 1 heterocycles. The Morgan fingerprint density at radius 3 is 2.67 bits per heavy atom. The van der Waals surface area contributed by atoms with Crippen LogP contribution in [0.25, 0.3) is 0 Å². The Labute approximate surface area is 109 Å². The fourth-order valence-corrected chi connectivity index (χ4v) is 2.51. The van der Waals surface area contributed by atoms with E-state index in [2.05, 4.69) is 5.10 Å². The molecule has 0 aliphatic rings.